The molecule has 4 rings (SSSR count). The first-order valence-electron chi connectivity index (χ1n) is 9.77. The molecule has 0 radical (unpaired) electrons. The van der Waals surface area contributed by atoms with Crippen LogP contribution in [0.15, 0.2) is 94.3 Å². The van der Waals surface area contributed by atoms with E-state index in [1.807, 2.05) is 54.6 Å². The van der Waals surface area contributed by atoms with Gasteiger partial charge in [0.25, 0.3) is 5.56 Å². The van der Waals surface area contributed by atoms with E-state index in [4.69, 9.17) is 4.42 Å². The Balaban J connectivity index is 1.39. The molecule has 4 aromatic rings. The third-order valence-electron chi connectivity index (χ3n) is 4.70. The van der Waals surface area contributed by atoms with Crippen molar-refractivity contribution in [3.63, 3.8) is 0 Å². The minimum absolute atomic E-state index is 0.103. The van der Waals surface area contributed by atoms with Crippen molar-refractivity contribution in [3.8, 4) is 22.6 Å². The van der Waals surface area contributed by atoms with Crippen molar-refractivity contribution in [1.29, 1.82) is 0 Å². The number of furan rings is 1. The second-order valence-electron chi connectivity index (χ2n) is 6.82. The smallest absolute Gasteiger partial charge is 0.266 e. The number of hydrogen-bond acceptors (Lipinski definition) is 4. The molecule has 30 heavy (non-hydrogen) atoms. The second-order valence-corrected chi connectivity index (χ2v) is 6.82. The predicted molar refractivity (Wildman–Crippen MR) is 116 cm³/mol. The molecule has 0 unspecified atom stereocenters. The van der Waals surface area contributed by atoms with Crippen molar-refractivity contribution in [3.05, 3.63) is 95.5 Å². The summed E-state index contributed by atoms with van der Waals surface area (Å²) in [5, 5.41) is 7.31. The van der Waals surface area contributed by atoms with Crippen LogP contribution in [0.2, 0.25) is 0 Å². The maximum atomic E-state index is 12.5. The fourth-order valence-electron chi connectivity index (χ4n) is 3.23. The van der Waals surface area contributed by atoms with Crippen LogP contribution in [0, 0.1) is 0 Å². The molecule has 0 saturated heterocycles. The average molecular weight is 399 g/mol. The van der Waals surface area contributed by atoms with E-state index in [-0.39, 0.29) is 17.9 Å². The van der Waals surface area contributed by atoms with E-state index >= 15 is 0 Å². The molecule has 0 aliphatic carbocycles. The lowest BCUT2D eigenvalue weighted by atomic mass is 10.0. The third-order valence-corrected chi connectivity index (χ3v) is 4.70. The highest BCUT2D eigenvalue weighted by Crippen LogP contribution is 2.27. The van der Waals surface area contributed by atoms with Crippen LogP contribution in [0.5, 0.6) is 0 Å². The minimum atomic E-state index is -0.208. The van der Waals surface area contributed by atoms with Crippen LogP contribution in [0.25, 0.3) is 22.6 Å². The quantitative estimate of drug-likeness (QED) is 0.493. The molecule has 2 aromatic carbocycles. The average Bonchev–Trinajstić information content (AvgIpc) is 3.31. The lowest BCUT2D eigenvalue weighted by Gasteiger charge is -2.11. The minimum Gasteiger partial charge on any atom is -0.463 e. The molecule has 150 valence electrons. The van der Waals surface area contributed by atoms with Gasteiger partial charge in [-0.1, -0.05) is 48.5 Å². The van der Waals surface area contributed by atoms with E-state index in [9.17, 15) is 9.59 Å². The molecule has 6 heteroatoms. The standard InChI is InChI=1S/C24H21N3O3/c28-23(25-20-11-5-4-10-19(20)18-8-2-1-3-9-18)13-6-16-27-24(29)15-14-21(26-27)22-12-7-17-30-22/h1-5,7-12,14-15,17H,6,13,16H2,(H,25,28). The Morgan fingerprint density at radius 1 is 0.933 bits per heavy atom. The van der Waals surface area contributed by atoms with E-state index in [1.54, 1.807) is 24.5 Å². The molecule has 1 N–H and O–H groups in total. The molecule has 6 nitrogen and oxygen atoms in total. The van der Waals surface area contributed by atoms with Gasteiger partial charge in [0.1, 0.15) is 5.69 Å². The summed E-state index contributed by atoms with van der Waals surface area (Å²) >= 11 is 0. The molecular formula is C24H21N3O3. The normalized spacial score (nSPS) is 10.7. The number of nitrogens with zero attached hydrogens (tertiary/aromatic N) is 2. The predicted octanol–water partition coefficient (Wildman–Crippen LogP) is 4.59. The third kappa shape index (κ3) is 4.55. The second kappa shape index (κ2) is 9.05. The Bertz CT molecular complexity index is 1180. The van der Waals surface area contributed by atoms with Crippen molar-refractivity contribution in [2.45, 2.75) is 19.4 Å². The van der Waals surface area contributed by atoms with Gasteiger partial charge in [-0.05, 0) is 36.2 Å². The molecule has 0 bridgehead atoms. The Hall–Kier alpha value is -3.93. The molecule has 0 fully saturated rings. The fraction of sp³-hybridized carbons (Fsp3) is 0.125. The Kier molecular flexibility index (Phi) is 5.85. The number of amides is 1. The molecule has 0 saturated carbocycles. The Labute approximate surface area is 173 Å². The van der Waals surface area contributed by atoms with Crippen molar-refractivity contribution < 1.29 is 9.21 Å². The zero-order valence-electron chi connectivity index (χ0n) is 16.3. The summed E-state index contributed by atoms with van der Waals surface area (Å²) in [4.78, 5) is 24.6. The van der Waals surface area contributed by atoms with E-state index in [1.165, 1.54) is 10.7 Å². The number of anilines is 1. The summed E-state index contributed by atoms with van der Waals surface area (Å²) in [6.07, 6.45) is 2.33. The number of benzene rings is 2. The van der Waals surface area contributed by atoms with E-state index in [0.29, 0.717) is 24.4 Å². The number of carbonyl (C=O) groups is 1. The highest BCUT2D eigenvalue weighted by atomic mass is 16.3. The number of para-hydroxylation sites is 1. The van der Waals surface area contributed by atoms with Crippen LogP contribution in [-0.4, -0.2) is 15.7 Å². The van der Waals surface area contributed by atoms with Crippen molar-refractivity contribution in [2.75, 3.05) is 5.32 Å². The lowest BCUT2D eigenvalue weighted by molar-refractivity contribution is -0.116. The van der Waals surface area contributed by atoms with Gasteiger partial charge in [0.15, 0.2) is 5.76 Å². The van der Waals surface area contributed by atoms with Gasteiger partial charge in [-0.2, -0.15) is 5.10 Å². The number of carbonyl (C=O) groups excluding carboxylic acids is 1. The zero-order chi connectivity index (χ0) is 20.8. The fourth-order valence-corrected chi connectivity index (χ4v) is 3.23. The highest BCUT2D eigenvalue weighted by Gasteiger charge is 2.10. The van der Waals surface area contributed by atoms with Crippen LogP contribution in [0.3, 0.4) is 0 Å². The van der Waals surface area contributed by atoms with Crippen LogP contribution >= 0.6 is 0 Å². The molecule has 1 amide bonds. The molecule has 2 heterocycles. The van der Waals surface area contributed by atoms with Gasteiger partial charge in [0, 0.05) is 30.3 Å². The molecule has 0 aliphatic rings. The monoisotopic (exact) mass is 399 g/mol. The summed E-state index contributed by atoms with van der Waals surface area (Å²) < 4.78 is 6.69. The Morgan fingerprint density at radius 3 is 2.53 bits per heavy atom. The van der Waals surface area contributed by atoms with Gasteiger partial charge >= 0.3 is 0 Å². The molecule has 0 atom stereocenters. The molecule has 0 spiro atoms. The first kappa shape index (κ1) is 19.4. The number of aromatic nitrogens is 2. The summed E-state index contributed by atoms with van der Waals surface area (Å²) in [5.74, 6) is 0.493. The maximum Gasteiger partial charge on any atom is 0.266 e. The van der Waals surface area contributed by atoms with E-state index < -0.39 is 0 Å². The number of rotatable bonds is 7. The van der Waals surface area contributed by atoms with Gasteiger partial charge in [-0.3, -0.25) is 9.59 Å². The lowest BCUT2D eigenvalue weighted by Crippen LogP contribution is -2.23. The van der Waals surface area contributed by atoms with Crippen LogP contribution in [0.1, 0.15) is 12.8 Å². The van der Waals surface area contributed by atoms with Crippen molar-refractivity contribution in [2.24, 2.45) is 0 Å². The summed E-state index contributed by atoms with van der Waals surface area (Å²) in [6.45, 7) is 0.348. The first-order chi connectivity index (χ1) is 14.7. The number of hydrogen-bond donors (Lipinski definition) is 1. The summed E-state index contributed by atoms with van der Waals surface area (Å²) in [6, 6.07) is 24.3. The van der Waals surface area contributed by atoms with Gasteiger partial charge in [-0.15, -0.1) is 0 Å². The maximum absolute atomic E-state index is 12.5. The van der Waals surface area contributed by atoms with E-state index in [2.05, 4.69) is 10.4 Å². The van der Waals surface area contributed by atoms with Gasteiger partial charge in [0.05, 0.1) is 6.26 Å². The SMILES string of the molecule is O=C(CCCn1nc(-c2ccco2)ccc1=O)Nc1ccccc1-c1ccccc1. The van der Waals surface area contributed by atoms with Crippen LogP contribution in [0.4, 0.5) is 5.69 Å². The van der Waals surface area contributed by atoms with Crippen LogP contribution in [-0.2, 0) is 11.3 Å². The number of aryl methyl sites for hydroxylation is 1. The molecule has 2 aromatic heterocycles. The summed E-state index contributed by atoms with van der Waals surface area (Å²) in [5.41, 5.74) is 3.15. The van der Waals surface area contributed by atoms with Crippen molar-refractivity contribution in [1.82, 2.24) is 9.78 Å². The summed E-state index contributed by atoms with van der Waals surface area (Å²) in [7, 11) is 0. The first-order valence-corrected chi connectivity index (χ1v) is 9.77. The van der Waals surface area contributed by atoms with Gasteiger partial charge in [0.2, 0.25) is 5.91 Å². The largest absolute Gasteiger partial charge is 0.463 e. The van der Waals surface area contributed by atoms with Gasteiger partial charge in [-0.25, -0.2) is 4.68 Å². The number of nitrogens with one attached hydrogen (secondary N) is 1. The topological polar surface area (TPSA) is 77.1 Å². The van der Waals surface area contributed by atoms with E-state index in [0.717, 1.165) is 16.8 Å². The molecular weight excluding hydrogens is 378 g/mol. The Morgan fingerprint density at radius 2 is 1.73 bits per heavy atom. The van der Waals surface area contributed by atoms with Crippen molar-refractivity contribution >= 4 is 11.6 Å². The van der Waals surface area contributed by atoms with Gasteiger partial charge < -0.3 is 9.73 Å². The zero-order valence-corrected chi connectivity index (χ0v) is 16.3. The molecule has 0 aliphatic heterocycles. The van der Waals surface area contributed by atoms with Crippen LogP contribution < -0.4 is 10.9 Å². The highest BCUT2D eigenvalue weighted by molar-refractivity contribution is 5.95.